The molecule has 0 spiro atoms. The highest BCUT2D eigenvalue weighted by Gasteiger charge is 2.05. The van der Waals surface area contributed by atoms with E-state index in [0.717, 1.165) is 12.2 Å². The number of fused-ring (bicyclic) bond motifs is 1. The number of hydrogen-bond acceptors (Lipinski definition) is 2. The quantitative estimate of drug-likeness (QED) is 0.593. The topological polar surface area (TPSA) is 15.6 Å². The lowest BCUT2D eigenvalue weighted by molar-refractivity contribution is 0.509. The highest BCUT2D eigenvalue weighted by Crippen LogP contribution is 2.22. The van der Waals surface area contributed by atoms with Crippen LogP contribution in [0.1, 0.15) is 19.4 Å². The Morgan fingerprint density at radius 2 is 1.92 bits per heavy atom. The molecule has 70 valence electrons. The van der Waals surface area contributed by atoms with Crippen molar-refractivity contribution in [3.8, 4) is 0 Å². The van der Waals surface area contributed by atoms with E-state index in [2.05, 4.69) is 16.0 Å². The second kappa shape index (κ2) is 4.65. The third kappa shape index (κ3) is 2.31. The summed E-state index contributed by atoms with van der Waals surface area (Å²) in [7, 11) is 2.03. The summed E-state index contributed by atoms with van der Waals surface area (Å²) in [6, 6.07) is 8.22. The van der Waals surface area contributed by atoms with Gasteiger partial charge in [0.2, 0.25) is 0 Å². The van der Waals surface area contributed by atoms with Crippen molar-refractivity contribution in [2.24, 2.45) is 4.99 Å². The fourth-order valence-corrected chi connectivity index (χ4v) is 1.24. The standard InChI is InChI=1S/C9H10N2.C2H6/c1-11-6-8-4-2-3-5-9(8)10-7-11;1-2/h2-5,7H,6H2,1H3;1-2H3. The Kier molecular flexibility index (Phi) is 3.50. The minimum atomic E-state index is 0.972. The molecular weight excluding hydrogens is 160 g/mol. The number of nitrogens with zero attached hydrogens (tertiary/aromatic N) is 2. The average Bonchev–Trinajstić information content (AvgIpc) is 2.21. The van der Waals surface area contributed by atoms with Gasteiger partial charge in [0.25, 0.3) is 0 Å². The lowest BCUT2D eigenvalue weighted by atomic mass is 10.1. The van der Waals surface area contributed by atoms with E-state index in [-0.39, 0.29) is 0 Å². The second-order valence-corrected chi connectivity index (χ2v) is 2.79. The van der Waals surface area contributed by atoms with Crippen LogP contribution in [-0.4, -0.2) is 18.3 Å². The molecule has 1 aromatic carbocycles. The minimum Gasteiger partial charge on any atom is -0.361 e. The molecule has 2 rings (SSSR count). The molecule has 0 unspecified atom stereocenters. The van der Waals surface area contributed by atoms with Gasteiger partial charge < -0.3 is 4.90 Å². The summed E-state index contributed by atoms with van der Waals surface area (Å²) in [4.78, 5) is 6.35. The van der Waals surface area contributed by atoms with Crippen molar-refractivity contribution in [3.05, 3.63) is 29.8 Å². The molecule has 0 atom stereocenters. The number of para-hydroxylation sites is 1. The van der Waals surface area contributed by atoms with Crippen LogP contribution >= 0.6 is 0 Å². The van der Waals surface area contributed by atoms with E-state index in [0.29, 0.717) is 0 Å². The normalized spacial score (nSPS) is 13.0. The number of rotatable bonds is 0. The monoisotopic (exact) mass is 176 g/mol. The Morgan fingerprint density at radius 1 is 1.23 bits per heavy atom. The maximum atomic E-state index is 4.27. The van der Waals surface area contributed by atoms with E-state index >= 15 is 0 Å². The van der Waals surface area contributed by atoms with Crippen molar-refractivity contribution in [1.82, 2.24) is 4.90 Å². The van der Waals surface area contributed by atoms with Crippen molar-refractivity contribution < 1.29 is 0 Å². The molecule has 0 aromatic heterocycles. The van der Waals surface area contributed by atoms with Crippen LogP contribution in [0.15, 0.2) is 29.3 Å². The Morgan fingerprint density at radius 3 is 2.69 bits per heavy atom. The molecule has 0 N–H and O–H groups in total. The first-order valence-electron chi connectivity index (χ1n) is 4.68. The SMILES string of the molecule is CC.CN1C=Nc2ccccc2C1. The number of aliphatic imine (C=N–C) groups is 1. The third-order valence-corrected chi connectivity index (χ3v) is 1.81. The summed E-state index contributed by atoms with van der Waals surface area (Å²) < 4.78 is 0. The van der Waals surface area contributed by atoms with Crippen LogP contribution in [0, 0.1) is 0 Å². The first-order valence-corrected chi connectivity index (χ1v) is 4.68. The van der Waals surface area contributed by atoms with E-state index in [1.54, 1.807) is 0 Å². The van der Waals surface area contributed by atoms with E-state index < -0.39 is 0 Å². The lowest BCUT2D eigenvalue weighted by Crippen LogP contribution is -2.18. The van der Waals surface area contributed by atoms with Gasteiger partial charge in [-0.1, -0.05) is 32.0 Å². The smallest absolute Gasteiger partial charge is 0.0912 e. The van der Waals surface area contributed by atoms with Crippen LogP contribution in [0.3, 0.4) is 0 Å². The van der Waals surface area contributed by atoms with E-state index in [1.165, 1.54) is 5.56 Å². The first-order chi connectivity index (χ1) is 6.36. The summed E-state index contributed by atoms with van der Waals surface area (Å²) in [6.45, 7) is 4.97. The maximum absolute atomic E-state index is 4.27. The molecule has 1 aromatic rings. The molecule has 1 heterocycles. The van der Waals surface area contributed by atoms with Crippen LogP contribution < -0.4 is 0 Å². The molecule has 0 aliphatic carbocycles. The van der Waals surface area contributed by atoms with Crippen molar-refractivity contribution >= 4 is 12.0 Å². The van der Waals surface area contributed by atoms with Crippen molar-refractivity contribution in [2.75, 3.05) is 7.05 Å². The molecule has 1 aliphatic rings. The highest BCUT2D eigenvalue weighted by atomic mass is 15.1. The molecule has 0 saturated carbocycles. The van der Waals surface area contributed by atoms with Gasteiger partial charge >= 0.3 is 0 Å². The van der Waals surface area contributed by atoms with Gasteiger partial charge in [0.15, 0.2) is 0 Å². The first kappa shape index (κ1) is 9.78. The van der Waals surface area contributed by atoms with Gasteiger partial charge in [-0.25, -0.2) is 4.99 Å². The average molecular weight is 176 g/mol. The molecule has 13 heavy (non-hydrogen) atoms. The Balaban J connectivity index is 0.000000396. The molecule has 0 fully saturated rings. The Hall–Kier alpha value is -1.31. The van der Waals surface area contributed by atoms with Crippen LogP contribution in [-0.2, 0) is 6.54 Å². The molecule has 2 nitrogen and oxygen atoms in total. The lowest BCUT2D eigenvalue weighted by Gasteiger charge is -2.18. The van der Waals surface area contributed by atoms with E-state index in [1.807, 2.05) is 45.4 Å². The predicted octanol–water partition coefficient (Wildman–Crippen LogP) is 2.82. The van der Waals surface area contributed by atoms with Gasteiger partial charge in [0, 0.05) is 13.6 Å². The molecule has 0 amide bonds. The molecule has 2 heteroatoms. The molecule has 0 saturated heterocycles. The summed E-state index contributed by atoms with van der Waals surface area (Å²) in [5.41, 5.74) is 2.41. The fourth-order valence-electron chi connectivity index (χ4n) is 1.24. The van der Waals surface area contributed by atoms with Gasteiger partial charge in [-0.15, -0.1) is 0 Å². The fraction of sp³-hybridized carbons (Fsp3) is 0.364. The van der Waals surface area contributed by atoms with Gasteiger partial charge in [0.05, 0.1) is 12.0 Å². The van der Waals surface area contributed by atoms with Gasteiger partial charge in [-0.05, 0) is 11.6 Å². The molecule has 0 bridgehead atoms. The van der Waals surface area contributed by atoms with Gasteiger partial charge in [-0.3, -0.25) is 0 Å². The largest absolute Gasteiger partial charge is 0.361 e. The Bertz CT molecular complexity index is 292. The van der Waals surface area contributed by atoms with Crippen LogP contribution in [0.25, 0.3) is 0 Å². The zero-order valence-corrected chi connectivity index (χ0v) is 8.49. The predicted molar refractivity (Wildman–Crippen MR) is 57.4 cm³/mol. The van der Waals surface area contributed by atoms with Crippen molar-refractivity contribution in [3.63, 3.8) is 0 Å². The highest BCUT2D eigenvalue weighted by molar-refractivity contribution is 5.66. The van der Waals surface area contributed by atoms with Gasteiger partial charge in [-0.2, -0.15) is 0 Å². The van der Waals surface area contributed by atoms with Crippen molar-refractivity contribution in [2.45, 2.75) is 20.4 Å². The summed E-state index contributed by atoms with van der Waals surface area (Å²) in [5.74, 6) is 0. The zero-order chi connectivity index (χ0) is 9.68. The molecular formula is C11H16N2. The third-order valence-electron chi connectivity index (χ3n) is 1.81. The maximum Gasteiger partial charge on any atom is 0.0912 e. The molecule has 1 aliphatic heterocycles. The second-order valence-electron chi connectivity index (χ2n) is 2.79. The van der Waals surface area contributed by atoms with Crippen LogP contribution in [0.4, 0.5) is 5.69 Å². The zero-order valence-electron chi connectivity index (χ0n) is 8.49. The summed E-state index contributed by atoms with van der Waals surface area (Å²) in [5, 5.41) is 0. The number of hydrogen-bond donors (Lipinski definition) is 0. The van der Waals surface area contributed by atoms with Crippen LogP contribution in [0.2, 0.25) is 0 Å². The molecule has 0 radical (unpaired) electrons. The van der Waals surface area contributed by atoms with Gasteiger partial charge in [0.1, 0.15) is 0 Å². The minimum absolute atomic E-state index is 0.972. The van der Waals surface area contributed by atoms with E-state index in [9.17, 15) is 0 Å². The van der Waals surface area contributed by atoms with Crippen LogP contribution in [0.5, 0.6) is 0 Å². The Labute approximate surface area is 79.9 Å². The van der Waals surface area contributed by atoms with Crippen molar-refractivity contribution in [1.29, 1.82) is 0 Å². The summed E-state index contributed by atoms with van der Waals surface area (Å²) >= 11 is 0. The summed E-state index contributed by atoms with van der Waals surface area (Å²) in [6.07, 6.45) is 1.86. The number of benzene rings is 1. The van der Waals surface area contributed by atoms with E-state index in [4.69, 9.17) is 0 Å².